The third kappa shape index (κ3) is 4.20. The van der Waals surface area contributed by atoms with Crippen molar-refractivity contribution in [1.29, 1.82) is 0 Å². The number of urea groups is 1. The van der Waals surface area contributed by atoms with Crippen molar-refractivity contribution in [3.05, 3.63) is 53.8 Å². The molecule has 1 atom stereocenters. The second-order valence-corrected chi connectivity index (χ2v) is 6.97. The zero-order chi connectivity index (χ0) is 19.3. The van der Waals surface area contributed by atoms with Gasteiger partial charge in [-0.25, -0.2) is 9.18 Å². The molecule has 0 saturated carbocycles. The smallest absolute Gasteiger partial charge is 0.319 e. The molecule has 2 aliphatic rings. The Balaban J connectivity index is 1.41. The van der Waals surface area contributed by atoms with Gasteiger partial charge in [0.05, 0.1) is 6.04 Å². The van der Waals surface area contributed by atoms with Crippen molar-refractivity contribution in [2.24, 2.45) is 0 Å². The van der Waals surface area contributed by atoms with Crippen molar-refractivity contribution >= 4 is 11.7 Å². The van der Waals surface area contributed by atoms with Crippen LogP contribution in [0.1, 0.15) is 24.4 Å². The van der Waals surface area contributed by atoms with Crippen LogP contribution in [-0.2, 0) is 0 Å². The van der Waals surface area contributed by atoms with Gasteiger partial charge in [0.25, 0.3) is 0 Å². The Morgan fingerprint density at radius 2 is 1.82 bits per heavy atom. The van der Waals surface area contributed by atoms with Gasteiger partial charge in [0.1, 0.15) is 19.0 Å². The second-order valence-electron chi connectivity index (χ2n) is 6.97. The number of carbonyl (C=O) groups is 1. The molecule has 0 aliphatic carbocycles. The molecule has 2 N–H and O–H groups in total. The summed E-state index contributed by atoms with van der Waals surface area (Å²) in [6.45, 7) is 3.16. The summed E-state index contributed by atoms with van der Waals surface area (Å²) in [5, 5.41) is 5.69. The van der Waals surface area contributed by atoms with Crippen molar-refractivity contribution in [3.63, 3.8) is 0 Å². The number of nitrogens with one attached hydrogen (secondary N) is 2. The van der Waals surface area contributed by atoms with E-state index in [1.165, 1.54) is 6.07 Å². The van der Waals surface area contributed by atoms with Gasteiger partial charge in [-0.2, -0.15) is 0 Å². The van der Waals surface area contributed by atoms with Crippen LogP contribution in [0.25, 0.3) is 0 Å². The number of fused-ring (bicyclic) bond motifs is 1. The lowest BCUT2D eigenvalue weighted by atomic mass is 10.0. The maximum atomic E-state index is 14.3. The first-order valence-electron chi connectivity index (χ1n) is 9.64. The van der Waals surface area contributed by atoms with Gasteiger partial charge in [0.2, 0.25) is 0 Å². The zero-order valence-electron chi connectivity index (χ0n) is 15.6. The van der Waals surface area contributed by atoms with E-state index in [0.717, 1.165) is 25.9 Å². The molecule has 2 amide bonds. The molecule has 1 fully saturated rings. The average Bonchev–Trinajstić information content (AvgIpc) is 3.24. The fourth-order valence-corrected chi connectivity index (χ4v) is 3.72. The van der Waals surface area contributed by atoms with Gasteiger partial charge >= 0.3 is 6.03 Å². The van der Waals surface area contributed by atoms with Crippen molar-refractivity contribution < 1.29 is 18.7 Å². The lowest BCUT2D eigenvalue weighted by molar-refractivity contribution is 0.171. The number of hydrogen-bond donors (Lipinski definition) is 2. The van der Waals surface area contributed by atoms with E-state index in [4.69, 9.17) is 9.47 Å². The summed E-state index contributed by atoms with van der Waals surface area (Å²) >= 11 is 0. The van der Waals surface area contributed by atoms with Gasteiger partial charge in [0, 0.05) is 23.9 Å². The zero-order valence-corrected chi connectivity index (χ0v) is 15.6. The number of halogens is 1. The monoisotopic (exact) mass is 385 g/mol. The lowest BCUT2D eigenvalue weighted by Gasteiger charge is -2.28. The molecule has 4 rings (SSSR count). The van der Waals surface area contributed by atoms with Crippen molar-refractivity contribution in [3.8, 4) is 11.5 Å². The highest BCUT2D eigenvalue weighted by Gasteiger charge is 2.26. The fourth-order valence-electron chi connectivity index (χ4n) is 3.72. The molecule has 0 spiro atoms. The van der Waals surface area contributed by atoms with E-state index < -0.39 is 0 Å². The standard InChI is InChI=1S/C21H24FN3O3/c22-17-6-2-1-5-16(17)18(25-9-3-4-10-25)14-23-21(26)24-15-7-8-19-20(13-15)28-12-11-27-19/h1-2,5-8,13,18H,3-4,9-12,14H2,(H2,23,24,26)/t18-/m0/s1. The SMILES string of the molecule is O=C(NC[C@@H](c1ccccc1F)N1CCCC1)Nc1ccc2c(c1)OCCO2. The minimum absolute atomic E-state index is 0.185. The van der Waals surface area contributed by atoms with Gasteiger partial charge in [-0.15, -0.1) is 0 Å². The molecule has 2 aliphatic heterocycles. The maximum absolute atomic E-state index is 14.3. The van der Waals surface area contributed by atoms with Crippen LogP contribution in [0.4, 0.5) is 14.9 Å². The molecule has 1 saturated heterocycles. The average molecular weight is 385 g/mol. The molecular formula is C21H24FN3O3. The molecule has 6 nitrogen and oxygen atoms in total. The van der Waals surface area contributed by atoms with Crippen LogP contribution in [0.3, 0.4) is 0 Å². The Bertz CT molecular complexity index is 839. The van der Waals surface area contributed by atoms with E-state index in [-0.39, 0.29) is 17.9 Å². The van der Waals surface area contributed by atoms with Crippen molar-refractivity contribution in [2.75, 3.05) is 38.2 Å². The predicted octanol–water partition coefficient (Wildman–Crippen LogP) is 3.56. The summed E-state index contributed by atoms with van der Waals surface area (Å²) in [4.78, 5) is 14.6. The van der Waals surface area contributed by atoms with E-state index in [1.807, 2.05) is 6.07 Å². The molecule has 28 heavy (non-hydrogen) atoms. The molecule has 0 radical (unpaired) electrons. The summed E-state index contributed by atoms with van der Waals surface area (Å²) in [5.41, 5.74) is 1.23. The Hall–Kier alpha value is -2.80. The highest BCUT2D eigenvalue weighted by molar-refractivity contribution is 5.89. The van der Waals surface area contributed by atoms with Crippen molar-refractivity contribution in [1.82, 2.24) is 10.2 Å². The van der Waals surface area contributed by atoms with E-state index >= 15 is 0 Å². The number of benzene rings is 2. The topological polar surface area (TPSA) is 62.8 Å². The minimum Gasteiger partial charge on any atom is -0.486 e. The molecular weight excluding hydrogens is 361 g/mol. The van der Waals surface area contributed by atoms with Crippen LogP contribution >= 0.6 is 0 Å². The first-order chi connectivity index (χ1) is 13.7. The van der Waals surface area contributed by atoms with Crippen LogP contribution in [0.15, 0.2) is 42.5 Å². The molecule has 2 heterocycles. The van der Waals surface area contributed by atoms with Gasteiger partial charge < -0.3 is 20.1 Å². The first-order valence-corrected chi connectivity index (χ1v) is 9.64. The maximum Gasteiger partial charge on any atom is 0.319 e. The number of ether oxygens (including phenoxy) is 2. The number of anilines is 1. The van der Waals surface area contributed by atoms with Gasteiger partial charge in [-0.3, -0.25) is 4.90 Å². The minimum atomic E-state index is -0.336. The summed E-state index contributed by atoms with van der Waals surface area (Å²) in [6.07, 6.45) is 2.18. The van der Waals surface area contributed by atoms with Crippen molar-refractivity contribution in [2.45, 2.75) is 18.9 Å². The van der Waals surface area contributed by atoms with Crippen LogP contribution in [-0.4, -0.2) is 43.8 Å². The number of rotatable bonds is 5. The molecule has 2 aromatic rings. The Morgan fingerprint density at radius 3 is 2.61 bits per heavy atom. The molecule has 0 aromatic heterocycles. The molecule has 2 aromatic carbocycles. The molecule has 148 valence electrons. The molecule has 7 heteroatoms. The Kier molecular flexibility index (Phi) is 5.62. The van der Waals surface area contributed by atoms with Gasteiger partial charge in [-0.1, -0.05) is 18.2 Å². The lowest BCUT2D eigenvalue weighted by Crippen LogP contribution is -2.39. The summed E-state index contributed by atoms with van der Waals surface area (Å²) in [6, 6.07) is 11.5. The molecule has 0 unspecified atom stereocenters. The van der Waals surface area contributed by atoms with E-state index in [1.54, 1.807) is 30.3 Å². The summed E-state index contributed by atoms with van der Waals surface area (Å²) in [5.74, 6) is 1.05. The van der Waals surface area contributed by atoms with E-state index in [0.29, 0.717) is 42.5 Å². The summed E-state index contributed by atoms with van der Waals surface area (Å²) < 4.78 is 25.4. The predicted molar refractivity (Wildman–Crippen MR) is 104 cm³/mol. The number of amides is 2. The number of hydrogen-bond acceptors (Lipinski definition) is 4. The van der Waals surface area contributed by atoms with Crippen LogP contribution in [0.5, 0.6) is 11.5 Å². The first kappa shape index (κ1) is 18.6. The van der Waals surface area contributed by atoms with Gasteiger partial charge in [0.15, 0.2) is 11.5 Å². The Labute approximate surface area is 163 Å². The number of carbonyl (C=O) groups excluding carboxylic acids is 1. The molecule has 0 bridgehead atoms. The second kappa shape index (κ2) is 8.48. The third-order valence-corrected chi connectivity index (χ3v) is 5.10. The van der Waals surface area contributed by atoms with E-state index in [9.17, 15) is 9.18 Å². The number of nitrogens with zero attached hydrogens (tertiary/aromatic N) is 1. The normalized spacial score (nSPS) is 17.2. The highest BCUT2D eigenvalue weighted by Crippen LogP contribution is 2.32. The van der Waals surface area contributed by atoms with Crippen LogP contribution in [0.2, 0.25) is 0 Å². The van der Waals surface area contributed by atoms with Crippen LogP contribution < -0.4 is 20.1 Å². The summed E-state index contributed by atoms with van der Waals surface area (Å²) in [7, 11) is 0. The Morgan fingerprint density at radius 1 is 1.07 bits per heavy atom. The largest absolute Gasteiger partial charge is 0.486 e. The highest BCUT2D eigenvalue weighted by atomic mass is 19.1. The fraction of sp³-hybridized carbons (Fsp3) is 0.381. The number of likely N-dealkylation sites (tertiary alicyclic amines) is 1. The third-order valence-electron chi connectivity index (χ3n) is 5.10. The van der Waals surface area contributed by atoms with Gasteiger partial charge in [-0.05, 0) is 44.1 Å². The van der Waals surface area contributed by atoms with E-state index in [2.05, 4.69) is 15.5 Å². The van der Waals surface area contributed by atoms with Crippen LogP contribution in [0, 0.1) is 5.82 Å². The quantitative estimate of drug-likeness (QED) is 0.826.